The molecule has 3 aliphatic heterocycles. The lowest BCUT2D eigenvalue weighted by atomic mass is 9.93. The molecule has 4 amide bonds. The summed E-state index contributed by atoms with van der Waals surface area (Å²) < 4.78 is 6.59. The smallest absolute Gasteiger partial charge is 0.410 e. The molecule has 0 aliphatic carbocycles. The number of thiazole rings is 1. The van der Waals surface area contributed by atoms with Crippen molar-refractivity contribution in [1.29, 1.82) is 0 Å². The van der Waals surface area contributed by atoms with Crippen LogP contribution in [-0.4, -0.2) is 98.2 Å². The lowest BCUT2D eigenvalue weighted by Crippen LogP contribution is -2.74. The molecule has 250 valence electrons. The van der Waals surface area contributed by atoms with Gasteiger partial charge in [0.2, 0.25) is 5.91 Å². The standard InChI is InChI=1S/C34H47N5O6S/c1-21(2)18-25-31(41)37(23-14-16-36(17-15-23)33(43)44-34(5,6)7)20-29-38(25)32(42)26(19-22(3)4)45-39(29)30(40)13-12-28-35-24-10-8-9-11-27(24)46-28/h8-13,21-23,25-26,29H,14-20H2,1-7H3/b13-12+/t25-,26+,29-/m0/s1. The Morgan fingerprint density at radius 3 is 2.35 bits per heavy atom. The molecule has 0 N–H and O–H groups in total. The third-order valence-corrected chi connectivity index (χ3v) is 9.46. The number of amides is 4. The maximum atomic E-state index is 14.2. The van der Waals surface area contributed by atoms with Gasteiger partial charge in [-0.3, -0.25) is 19.2 Å². The number of hydrogen-bond donors (Lipinski definition) is 0. The summed E-state index contributed by atoms with van der Waals surface area (Å²) in [6, 6.07) is 6.92. The Bertz CT molecular complexity index is 1440. The van der Waals surface area contributed by atoms with Gasteiger partial charge in [0, 0.05) is 25.2 Å². The highest BCUT2D eigenvalue weighted by atomic mass is 32.1. The van der Waals surface area contributed by atoms with Crippen molar-refractivity contribution in [3.8, 4) is 0 Å². The molecule has 11 nitrogen and oxygen atoms in total. The van der Waals surface area contributed by atoms with E-state index >= 15 is 0 Å². The van der Waals surface area contributed by atoms with Gasteiger partial charge in [-0.2, -0.15) is 5.06 Å². The lowest BCUT2D eigenvalue weighted by Gasteiger charge is -2.55. The first-order valence-corrected chi connectivity index (χ1v) is 17.2. The van der Waals surface area contributed by atoms with Crippen molar-refractivity contribution in [2.24, 2.45) is 11.8 Å². The summed E-state index contributed by atoms with van der Waals surface area (Å²) in [5.74, 6) is -0.511. The fourth-order valence-electron chi connectivity index (χ4n) is 6.40. The molecule has 1 aromatic heterocycles. The highest BCUT2D eigenvalue weighted by Gasteiger charge is 2.53. The van der Waals surface area contributed by atoms with Crippen molar-refractivity contribution in [3.05, 3.63) is 35.3 Å². The molecule has 5 rings (SSSR count). The number of aromatic nitrogens is 1. The molecular weight excluding hydrogens is 606 g/mol. The molecule has 3 fully saturated rings. The molecule has 2 aromatic rings. The molecule has 0 bridgehead atoms. The summed E-state index contributed by atoms with van der Waals surface area (Å²) in [4.78, 5) is 70.8. The summed E-state index contributed by atoms with van der Waals surface area (Å²) in [5, 5.41) is 1.99. The Balaban J connectivity index is 1.41. The number of likely N-dealkylation sites (tertiary alicyclic amines) is 1. The predicted octanol–water partition coefficient (Wildman–Crippen LogP) is 5.31. The van der Waals surface area contributed by atoms with Crippen LogP contribution in [0, 0.1) is 11.8 Å². The maximum absolute atomic E-state index is 14.2. The zero-order valence-electron chi connectivity index (χ0n) is 28.0. The van der Waals surface area contributed by atoms with Gasteiger partial charge in [0.05, 0.1) is 16.8 Å². The number of hydrogen-bond acceptors (Lipinski definition) is 8. The second kappa shape index (κ2) is 13.7. The molecule has 0 unspecified atom stereocenters. The molecule has 12 heteroatoms. The largest absolute Gasteiger partial charge is 0.444 e. The lowest BCUT2D eigenvalue weighted by molar-refractivity contribution is -0.275. The van der Waals surface area contributed by atoms with Crippen LogP contribution in [-0.2, 0) is 24.0 Å². The third-order valence-electron chi connectivity index (χ3n) is 8.46. The molecule has 0 saturated carbocycles. The number of piperidine rings is 1. The summed E-state index contributed by atoms with van der Waals surface area (Å²) in [5.41, 5.74) is 0.265. The molecule has 46 heavy (non-hydrogen) atoms. The summed E-state index contributed by atoms with van der Waals surface area (Å²) in [7, 11) is 0. The molecule has 3 atom stereocenters. The second-order valence-electron chi connectivity index (χ2n) is 14.3. The molecule has 1 aromatic carbocycles. The number of para-hydroxylation sites is 1. The Morgan fingerprint density at radius 1 is 1.04 bits per heavy atom. The molecule has 0 spiro atoms. The van der Waals surface area contributed by atoms with Crippen molar-refractivity contribution in [2.45, 2.75) is 104 Å². The van der Waals surface area contributed by atoms with Gasteiger partial charge >= 0.3 is 6.09 Å². The van der Waals surface area contributed by atoms with E-state index in [1.165, 1.54) is 22.5 Å². The zero-order chi connectivity index (χ0) is 33.3. The quantitative estimate of drug-likeness (QED) is 0.373. The first-order chi connectivity index (χ1) is 21.7. The van der Waals surface area contributed by atoms with E-state index in [1.807, 2.05) is 77.6 Å². The number of carbonyl (C=O) groups is 4. The van der Waals surface area contributed by atoms with Crippen LogP contribution in [0.3, 0.4) is 0 Å². The van der Waals surface area contributed by atoms with E-state index in [1.54, 1.807) is 15.9 Å². The highest BCUT2D eigenvalue weighted by molar-refractivity contribution is 7.19. The minimum atomic E-state index is -0.873. The van der Waals surface area contributed by atoms with Crippen molar-refractivity contribution in [2.75, 3.05) is 19.6 Å². The third kappa shape index (κ3) is 7.54. The van der Waals surface area contributed by atoms with Gasteiger partial charge in [0.15, 0.2) is 12.3 Å². The van der Waals surface area contributed by atoms with E-state index in [-0.39, 0.29) is 42.3 Å². The van der Waals surface area contributed by atoms with Crippen molar-refractivity contribution in [1.82, 2.24) is 24.7 Å². The van der Waals surface area contributed by atoms with E-state index < -0.39 is 29.8 Å². The summed E-state index contributed by atoms with van der Waals surface area (Å²) in [6.45, 7) is 14.6. The maximum Gasteiger partial charge on any atom is 0.410 e. The normalized spacial score (nSPS) is 23.3. The van der Waals surface area contributed by atoms with E-state index in [9.17, 15) is 19.2 Å². The number of piperazine rings is 1. The van der Waals surface area contributed by atoms with Gasteiger partial charge in [0.25, 0.3) is 11.8 Å². The van der Waals surface area contributed by atoms with Gasteiger partial charge in [0.1, 0.15) is 16.7 Å². The Labute approximate surface area is 275 Å². The minimum absolute atomic E-state index is 0.114. The van der Waals surface area contributed by atoms with Crippen LogP contribution in [0.5, 0.6) is 0 Å². The Kier molecular flexibility index (Phi) is 10.1. The number of hydroxylamine groups is 2. The van der Waals surface area contributed by atoms with Gasteiger partial charge in [-0.1, -0.05) is 39.8 Å². The van der Waals surface area contributed by atoms with Crippen molar-refractivity contribution < 1.29 is 28.8 Å². The first kappa shape index (κ1) is 33.8. The number of ether oxygens (including phenoxy) is 1. The number of nitrogens with zero attached hydrogens (tertiary/aromatic N) is 5. The van der Waals surface area contributed by atoms with Crippen LogP contribution in [0.2, 0.25) is 0 Å². The first-order valence-electron chi connectivity index (χ1n) is 16.4. The predicted molar refractivity (Wildman–Crippen MR) is 176 cm³/mol. The fourth-order valence-corrected chi connectivity index (χ4v) is 7.27. The number of fused-ring (bicyclic) bond motifs is 2. The average molecular weight is 654 g/mol. The second-order valence-corrected chi connectivity index (χ2v) is 15.4. The van der Waals surface area contributed by atoms with Gasteiger partial charge in [-0.15, -0.1) is 11.3 Å². The fraction of sp³-hybridized carbons (Fsp3) is 0.618. The molecule has 0 radical (unpaired) electrons. The summed E-state index contributed by atoms with van der Waals surface area (Å²) in [6.07, 6.45) is 3.13. The SMILES string of the molecule is CC(C)C[C@H]1ON(C(=O)/C=C/c2nc3ccccc3s2)[C@H]2CN(C3CCN(C(=O)OC(C)(C)C)CC3)C(=O)[C@H](CC(C)C)N2C1=O. The molecule has 4 heterocycles. The van der Waals surface area contributed by atoms with E-state index in [0.717, 1.165) is 10.2 Å². The molecule has 3 saturated heterocycles. The van der Waals surface area contributed by atoms with Crippen LogP contribution in [0.1, 0.15) is 79.2 Å². The molecule has 3 aliphatic rings. The number of benzene rings is 1. The van der Waals surface area contributed by atoms with Crippen LogP contribution in [0.25, 0.3) is 16.3 Å². The van der Waals surface area contributed by atoms with Crippen LogP contribution in [0.15, 0.2) is 30.3 Å². The summed E-state index contributed by atoms with van der Waals surface area (Å²) >= 11 is 1.49. The van der Waals surface area contributed by atoms with E-state index in [0.29, 0.717) is 43.8 Å². The number of rotatable bonds is 7. The van der Waals surface area contributed by atoms with Gasteiger partial charge in [-0.25, -0.2) is 9.78 Å². The average Bonchev–Trinajstić information content (AvgIpc) is 3.40. The Morgan fingerprint density at radius 2 is 1.72 bits per heavy atom. The van der Waals surface area contributed by atoms with Crippen LogP contribution in [0.4, 0.5) is 4.79 Å². The van der Waals surface area contributed by atoms with Crippen molar-refractivity contribution >= 4 is 51.4 Å². The van der Waals surface area contributed by atoms with Gasteiger partial charge in [-0.05, 0) is 76.5 Å². The van der Waals surface area contributed by atoms with E-state index in [2.05, 4.69) is 4.98 Å². The van der Waals surface area contributed by atoms with Crippen molar-refractivity contribution in [3.63, 3.8) is 0 Å². The minimum Gasteiger partial charge on any atom is -0.444 e. The topological polar surface area (TPSA) is 113 Å². The van der Waals surface area contributed by atoms with E-state index in [4.69, 9.17) is 9.57 Å². The van der Waals surface area contributed by atoms with Crippen LogP contribution < -0.4 is 0 Å². The Hall–Kier alpha value is -3.51. The molecular formula is C34H47N5O6S. The highest BCUT2D eigenvalue weighted by Crippen LogP contribution is 2.34. The zero-order valence-corrected chi connectivity index (χ0v) is 28.8. The monoisotopic (exact) mass is 653 g/mol. The number of carbonyl (C=O) groups excluding carboxylic acids is 4. The van der Waals surface area contributed by atoms with Gasteiger partial charge < -0.3 is 19.4 Å². The van der Waals surface area contributed by atoms with Crippen LogP contribution >= 0.6 is 11.3 Å².